The Kier molecular flexibility index (Phi) is 5.95. The molecule has 0 spiro atoms. The molecule has 1 aliphatic rings. The summed E-state index contributed by atoms with van der Waals surface area (Å²) in [7, 11) is 2.19. The Balaban J connectivity index is 0.00000128. The van der Waals surface area contributed by atoms with E-state index in [0.717, 1.165) is 19.5 Å². The third kappa shape index (κ3) is 3.54. The van der Waals surface area contributed by atoms with E-state index in [0.29, 0.717) is 0 Å². The van der Waals surface area contributed by atoms with Gasteiger partial charge >= 0.3 is 0 Å². The summed E-state index contributed by atoms with van der Waals surface area (Å²) in [6.45, 7) is 6.86. The zero-order valence-corrected chi connectivity index (χ0v) is 13.2. The molecule has 85 valence electrons. The molecule has 16 heavy (non-hydrogen) atoms. The molecular weight excluding hydrogens is 273 g/mol. The second kappa shape index (κ2) is 6.73. The molecule has 0 saturated carbocycles. The molecule has 3 heteroatoms. The summed E-state index contributed by atoms with van der Waals surface area (Å²) in [6, 6.07) is 9.00. The van der Waals surface area contributed by atoms with E-state index in [2.05, 4.69) is 48.0 Å². The summed E-state index contributed by atoms with van der Waals surface area (Å²) in [4.78, 5) is 4.86. The third-order valence-electron chi connectivity index (χ3n) is 3.21. The summed E-state index contributed by atoms with van der Waals surface area (Å²) >= 11 is 0. The van der Waals surface area contributed by atoms with Crippen LogP contribution in [0, 0.1) is 0 Å². The van der Waals surface area contributed by atoms with Gasteiger partial charge in [0, 0.05) is 64.6 Å². The first-order chi connectivity index (χ1) is 7.29. The minimum absolute atomic E-state index is 0. The topological polar surface area (TPSA) is 6.48 Å². The van der Waals surface area contributed by atoms with Gasteiger partial charge in [0.25, 0.3) is 0 Å². The maximum Gasteiger partial charge on any atom is 0.0367 e. The number of nitrogens with zero attached hydrogens (tertiary/aromatic N) is 2. The van der Waals surface area contributed by atoms with Crippen LogP contribution in [0.15, 0.2) is 24.3 Å². The van der Waals surface area contributed by atoms with Gasteiger partial charge in [-0.3, -0.25) is 0 Å². The monoisotopic (exact) mass is 293 g/mol. The van der Waals surface area contributed by atoms with Crippen molar-refractivity contribution in [3.63, 3.8) is 0 Å². The average molecular weight is 293 g/mol. The minimum Gasteiger partial charge on any atom is -0.369 e. The summed E-state index contributed by atoms with van der Waals surface area (Å²) in [6.07, 6.45) is 1.13. The summed E-state index contributed by atoms with van der Waals surface area (Å²) in [5.41, 5.74) is 2.80. The molecule has 1 aromatic carbocycles. The van der Waals surface area contributed by atoms with Crippen molar-refractivity contribution < 1.29 is 32.7 Å². The molecule has 0 aromatic heterocycles. The van der Waals surface area contributed by atoms with Crippen LogP contribution in [0.5, 0.6) is 0 Å². The van der Waals surface area contributed by atoms with Crippen LogP contribution in [-0.4, -0.2) is 38.1 Å². The van der Waals surface area contributed by atoms with Crippen LogP contribution in [0.3, 0.4) is 0 Å². The Hall–Kier alpha value is 0.0839. The second-order valence-electron chi connectivity index (χ2n) is 4.31. The Morgan fingerprint density at radius 3 is 2.06 bits per heavy atom. The Labute approximate surface area is 124 Å². The molecule has 1 radical (unpaired) electrons. The smallest absolute Gasteiger partial charge is 0.0367 e. The molecule has 1 heterocycles. The standard InChI is InChI=1S/C13H20N2.Y/c1-3-12-4-6-13(7-5-12)15-10-8-14(2)9-11-15;/h4-7H,3,8-11H2,1-2H3;. The fraction of sp³-hybridized carbons (Fsp3) is 0.538. The average Bonchev–Trinajstić information content (AvgIpc) is 2.30. The molecule has 0 atom stereocenters. The predicted molar refractivity (Wildman–Crippen MR) is 65.5 cm³/mol. The van der Waals surface area contributed by atoms with Crippen molar-refractivity contribution in [2.45, 2.75) is 13.3 Å². The molecule has 1 fully saturated rings. The van der Waals surface area contributed by atoms with Crippen molar-refractivity contribution in [1.82, 2.24) is 4.90 Å². The maximum absolute atomic E-state index is 2.47. The number of rotatable bonds is 2. The van der Waals surface area contributed by atoms with E-state index >= 15 is 0 Å². The van der Waals surface area contributed by atoms with E-state index in [-0.39, 0.29) is 32.7 Å². The molecule has 0 bridgehead atoms. The first-order valence-electron chi connectivity index (χ1n) is 5.82. The van der Waals surface area contributed by atoms with Crippen molar-refractivity contribution >= 4 is 5.69 Å². The first kappa shape index (κ1) is 14.1. The van der Waals surface area contributed by atoms with E-state index < -0.39 is 0 Å². The van der Waals surface area contributed by atoms with Gasteiger partial charge in [-0.05, 0) is 31.2 Å². The molecule has 0 unspecified atom stereocenters. The van der Waals surface area contributed by atoms with Gasteiger partial charge in [-0.15, -0.1) is 0 Å². The van der Waals surface area contributed by atoms with Gasteiger partial charge < -0.3 is 9.80 Å². The maximum atomic E-state index is 2.47. The second-order valence-corrected chi connectivity index (χ2v) is 4.31. The summed E-state index contributed by atoms with van der Waals surface area (Å²) in [5.74, 6) is 0. The molecule has 1 aliphatic heterocycles. The predicted octanol–water partition coefficient (Wildman–Crippen LogP) is 2.00. The molecular formula is C13H20N2Y. The number of likely N-dealkylation sites (N-methyl/N-ethyl adjacent to an activating group) is 1. The number of aryl methyl sites for hydroxylation is 1. The van der Waals surface area contributed by atoms with Gasteiger partial charge in [0.2, 0.25) is 0 Å². The molecule has 2 rings (SSSR count). The van der Waals surface area contributed by atoms with E-state index in [1.165, 1.54) is 24.3 Å². The van der Waals surface area contributed by atoms with Crippen molar-refractivity contribution in [2.24, 2.45) is 0 Å². The SMILES string of the molecule is CCc1ccc(N2CCN(C)CC2)cc1.[Y]. The molecule has 0 N–H and O–H groups in total. The summed E-state index contributed by atoms with van der Waals surface area (Å²) < 4.78 is 0. The fourth-order valence-corrected chi connectivity index (χ4v) is 2.01. The van der Waals surface area contributed by atoms with Crippen molar-refractivity contribution in [1.29, 1.82) is 0 Å². The van der Waals surface area contributed by atoms with Crippen LogP contribution in [0.1, 0.15) is 12.5 Å². The first-order valence-corrected chi connectivity index (χ1v) is 5.82. The van der Waals surface area contributed by atoms with Crippen molar-refractivity contribution in [3.05, 3.63) is 29.8 Å². The van der Waals surface area contributed by atoms with Gasteiger partial charge in [-0.1, -0.05) is 19.1 Å². The van der Waals surface area contributed by atoms with Crippen LogP contribution in [0.4, 0.5) is 5.69 Å². The van der Waals surface area contributed by atoms with Gasteiger partial charge in [-0.2, -0.15) is 0 Å². The number of piperazine rings is 1. The molecule has 0 amide bonds. The van der Waals surface area contributed by atoms with Crippen LogP contribution in [0.25, 0.3) is 0 Å². The normalized spacial score (nSPS) is 17.0. The van der Waals surface area contributed by atoms with E-state index in [9.17, 15) is 0 Å². The number of benzene rings is 1. The Bertz CT molecular complexity index is 302. The zero-order valence-electron chi connectivity index (χ0n) is 10.3. The minimum atomic E-state index is 0. The largest absolute Gasteiger partial charge is 0.369 e. The van der Waals surface area contributed by atoms with Gasteiger partial charge in [0.15, 0.2) is 0 Å². The van der Waals surface area contributed by atoms with Crippen LogP contribution < -0.4 is 4.90 Å². The van der Waals surface area contributed by atoms with Gasteiger partial charge in [0.05, 0.1) is 0 Å². The molecule has 1 aromatic rings. The van der Waals surface area contributed by atoms with Gasteiger partial charge in [-0.25, -0.2) is 0 Å². The molecule has 2 nitrogen and oxygen atoms in total. The zero-order chi connectivity index (χ0) is 10.7. The number of hydrogen-bond donors (Lipinski definition) is 0. The molecule has 1 saturated heterocycles. The van der Waals surface area contributed by atoms with Crippen LogP contribution in [-0.2, 0) is 39.1 Å². The van der Waals surface area contributed by atoms with E-state index in [1.54, 1.807) is 0 Å². The van der Waals surface area contributed by atoms with Gasteiger partial charge in [0.1, 0.15) is 0 Å². The summed E-state index contributed by atoms with van der Waals surface area (Å²) in [5, 5.41) is 0. The number of anilines is 1. The fourth-order valence-electron chi connectivity index (χ4n) is 2.01. The van der Waals surface area contributed by atoms with Crippen molar-refractivity contribution in [2.75, 3.05) is 38.1 Å². The molecule has 0 aliphatic carbocycles. The van der Waals surface area contributed by atoms with E-state index in [4.69, 9.17) is 0 Å². The Morgan fingerprint density at radius 1 is 1.00 bits per heavy atom. The van der Waals surface area contributed by atoms with Crippen molar-refractivity contribution in [3.8, 4) is 0 Å². The van der Waals surface area contributed by atoms with Crippen LogP contribution >= 0.6 is 0 Å². The quantitative estimate of drug-likeness (QED) is 0.823. The van der Waals surface area contributed by atoms with Crippen LogP contribution in [0.2, 0.25) is 0 Å². The Morgan fingerprint density at radius 2 is 1.56 bits per heavy atom. The third-order valence-corrected chi connectivity index (χ3v) is 3.21. The number of hydrogen-bond acceptors (Lipinski definition) is 2. The van der Waals surface area contributed by atoms with E-state index in [1.807, 2.05) is 0 Å².